The molecule has 0 aliphatic rings. The molecule has 0 bridgehead atoms. The Morgan fingerprint density at radius 2 is 2.15 bits per heavy atom. The standard InChI is InChI=1S/C13H17N3OS2.ClH/c1-2-9-3-4-10(19-9)7-15-13(17)11-8-18-12(16-11)5-6-14;/h3-4,8H,2,5-7,14H2,1H3,(H,15,17);1H. The second kappa shape index (κ2) is 8.36. The topological polar surface area (TPSA) is 68.0 Å². The molecule has 2 aromatic heterocycles. The van der Waals surface area contributed by atoms with Crippen molar-refractivity contribution in [3.8, 4) is 0 Å². The predicted molar refractivity (Wildman–Crippen MR) is 87.0 cm³/mol. The van der Waals surface area contributed by atoms with Gasteiger partial charge in [0.25, 0.3) is 5.91 Å². The average molecular weight is 332 g/mol. The molecule has 2 rings (SSSR count). The molecule has 0 radical (unpaired) electrons. The molecule has 0 aromatic carbocycles. The van der Waals surface area contributed by atoms with Crippen LogP contribution < -0.4 is 11.1 Å². The monoisotopic (exact) mass is 331 g/mol. The molecular weight excluding hydrogens is 314 g/mol. The number of amides is 1. The number of carbonyl (C=O) groups excluding carboxylic acids is 1. The number of nitrogens with two attached hydrogens (primary N) is 1. The summed E-state index contributed by atoms with van der Waals surface area (Å²) < 4.78 is 0. The number of aromatic nitrogens is 1. The lowest BCUT2D eigenvalue weighted by molar-refractivity contribution is 0.0947. The van der Waals surface area contributed by atoms with Crippen LogP contribution in [0.15, 0.2) is 17.5 Å². The van der Waals surface area contributed by atoms with Crippen molar-refractivity contribution in [3.63, 3.8) is 0 Å². The summed E-state index contributed by atoms with van der Waals surface area (Å²) in [6.07, 6.45) is 1.76. The first-order chi connectivity index (χ1) is 9.22. The van der Waals surface area contributed by atoms with E-state index in [9.17, 15) is 4.79 Å². The number of nitrogens with zero attached hydrogens (tertiary/aromatic N) is 1. The van der Waals surface area contributed by atoms with Crippen LogP contribution in [0.1, 0.15) is 32.2 Å². The van der Waals surface area contributed by atoms with E-state index in [1.54, 1.807) is 16.7 Å². The van der Waals surface area contributed by atoms with E-state index in [0.717, 1.165) is 17.8 Å². The number of carbonyl (C=O) groups is 1. The van der Waals surface area contributed by atoms with E-state index in [0.29, 0.717) is 18.8 Å². The third-order valence-corrected chi connectivity index (χ3v) is 4.77. The lowest BCUT2D eigenvalue weighted by Crippen LogP contribution is -2.22. The second-order valence-corrected chi connectivity index (χ2v) is 6.26. The Labute approximate surface area is 132 Å². The van der Waals surface area contributed by atoms with Crippen LogP contribution in [-0.2, 0) is 19.4 Å². The van der Waals surface area contributed by atoms with E-state index in [2.05, 4.69) is 29.4 Å². The van der Waals surface area contributed by atoms with Gasteiger partial charge >= 0.3 is 0 Å². The molecule has 0 fully saturated rings. The Hall–Kier alpha value is -0.950. The number of aryl methyl sites for hydroxylation is 1. The first kappa shape index (κ1) is 17.1. The number of halogens is 1. The molecule has 0 saturated carbocycles. The zero-order valence-electron chi connectivity index (χ0n) is 11.2. The van der Waals surface area contributed by atoms with Gasteiger partial charge in [0.1, 0.15) is 5.69 Å². The summed E-state index contributed by atoms with van der Waals surface area (Å²) in [4.78, 5) is 18.7. The van der Waals surface area contributed by atoms with Crippen molar-refractivity contribution in [3.05, 3.63) is 38.0 Å². The molecule has 0 saturated heterocycles. The molecule has 2 heterocycles. The van der Waals surface area contributed by atoms with Crippen molar-refractivity contribution >= 4 is 41.0 Å². The van der Waals surface area contributed by atoms with Crippen molar-refractivity contribution in [2.24, 2.45) is 5.73 Å². The first-order valence-corrected chi connectivity index (χ1v) is 7.92. The van der Waals surface area contributed by atoms with Gasteiger partial charge in [-0.2, -0.15) is 0 Å². The molecule has 7 heteroatoms. The summed E-state index contributed by atoms with van der Waals surface area (Å²) in [7, 11) is 0. The van der Waals surface area contributed by atoms with Crippen molar-refractivity contribution in [1.29, 1.82) is 0 Å². The van der Waals surface area contributed by atoms with Crippen LogP contribution in [0.5, 0.6) is 0 Å². The van der Waals surface area contributed by atoms with Crippen LogP contribution in [0.3, 0.4) is 0 Å². The SMILES string of the molecule is CCc1ccc(CNC(=O)c2csc(CCN)n2)s1.Cl. The summed E-state index contributed by atoms with van der Waals surface area (Å²) in [5.74, 6) is -0.119. The lowest BCUT2D eigenvalue weighted by atomic mass is 10.3. The minimum Gasteiger partial charge on any atom is -0.346 e. The van der Waals surface area contributed by atoms with Gasteiger partial charge in [0.2, 0.25) is 0 Å². The fourth-order valence-corrected chi connectivity index (χ4v) is 3.31. The molecule has 1 amide bonds. The van der Waals surface area contributed by atoms with Crippen molar-refractivity contribution < 1.29 is 4.79 Å². The number of rotatable bonds is 6. The summed E-state index contributed by atoms with van der Waals surface area (Å²) in [6, 6.07) is 4.17. The minimum atomic E-state index is -0.119. The molecule has 0 aliphatic carbocycles. The van der Waals surface area contributed by atoms with E-state index >= 15 is 0 Å². The molecule has 3 N–H and O–H groups in total. The van der Waals surface area contributed by atoms with Gasteiger partial charge in [0.05, 0.1) is 11.6 Å². The van der Waals surface area contributed by atoms with E-state index in [1.165, 1.54) is 21.1 Å². The Kier molecular flexibility index (Phi) is 7.15. The van der Waals surface area contributed by atoms with Crippen molar-refractivity contribution in [1.82, 2.24) is 10.3 Å². The zero-order valence-corrected chi connectivity index (χ0v) is 13.7. The molecule has 0 spiro atoms. The molecule has 0 aliphatic heterocycles. The molecule has 4 nitrogen and oxygen atoms in total. The maximum atomic E-state index is 11.9. The van der Waals surface area contributed by atoms with Crippen LogP contribution in [-0.4, -0.2) is 17.4 Å². The zero-order chi connectivity index (χ0) is 13.7. The molecule has 0 atom stereocenters. The van der Waals surface area contributed by atoms with Crippen LogP contribution in [0, 0.1) is 0 Å². The van der Waals surface area contributed by atoms with E-state index < -0.39 is 0 Å². The number of thiophene rings is 1. The highest BCUT2D eigenvalue weighted by Gasteiger charge is 2.10. The Bertz CT molecular complexity index is 553. The van der Waals surface area contributed by atoms with E-state index in [-0.39, 0.29) is 18.3 Å². The summed E-state index contributed by atoms with van der Waals surface area (Å²) in [6.45, 7) is 3.25. The molecule has 0 unspecified atom stereocenters. The van der Waals surface area contributed by atoms with Crippen molar-refractivity contribution in [2.45, 2.75) is 26.3 Å². The fraction of sp³-hybridized carbons (Fsp3) is 0.385. The minimum absolute atomic E-state index is 0. The number of hydrogen-bond acceptors (Lipinski definition) is 5. The van der Waals surface area contributed by atoms with Crippen LogP contribution in [0.2, 0.25) is 0 Å². The Morgan fingerprint density at radius 1 is 1.40 bits per heavy atom. The normalized spacial score (nSPS) is 10.1. The van der Waals surface area contributed by atoms with Gasteiger partial charge in [-0.3, -0.25) is 4.79 Å². The highest BCUT2D eigenvalue weighted by atomic mass is 35.5. The average Bonchev–Trinajstić information content (AvgIpc) is 3.05. The molecular formula is C13H18ClN3OS2. The fourth-order valence-electron chi connectivity index (χ4n) is 1.62. The summed E-state index contributed by atoms with van der Waals surface area (Å²) >= 11 is 3.22. The Morgan fingerprint density at radius 3 is 2.80 bits per heavy atom. The van der Waals surface area contributed by atoms with E-state index in [1.807, 2.05) is 0 Å². The summed E-state index contributed by atoms with van der Waals surface area (Å²) in [5.41, 5.74) is 5.95. The maximum absolute atomic E-state index is 11.9. The predicted octanol–water partition coefficient (Wildman–Crippen LogP) is 2.62. The second-order valence-electron chi connectivity index (χ2n) is 4.07. The molecule has 110 valence electrons. The largest absolute Gasteiger partial charge is 0.346 e. The van der Waals surface area contributed by atoms with Crippen molar-refractivity contribution in [2.75, 3.05) is 6.54 Å². The quantitative estimate of drug-likeness (QED) is 0.855. The number of nitrogens with one attached hydrogen (secondary N) is 1. The maximum Gasteiger partial charge on any atom is 0.271 e. The third kappa shape index (κ3) is 4.56. The van der Waals surface area contributed by atoms with Gasteiger partial charge in [-0.05, 0) is 25.1 Å². The lowest BCUT2D eigenvalue weighted by Gasteiger charge is -2.00. The Balaban J connectivity index is 0.00000200. The van der Waals surface area contributed by atoms with Crippen LogP contribution >= 0.6 is 35.1 Å². The number of thiazole rings is 1. The van der Waals surface area contributed by atoms with Gasteiger partial charge in [-0.15, -0.1) is 35.1 Å². The van der Waals surface area contributed by atoms with Gasteiger partial charge in [-0.25, -0.2) is 4.98 Å². The van der Waals surface area contributed by atoms with Gasteiger partial charge in [0.15, 0.2) is 0 Å². The highest BCUT2D eigenvalue weighted by molar-refractivity contribution is 7.12. The molecule has 20 heavy (non-hydrogen) atoms. The highest BCUT2D eigenvalue weighted by Crippen LogP contribution is 2.17. The van der Waals surface area contributed by atoms with Gasteiger partial charge in [0, 0.05) is 21.6 Å². The summed E-state index contributed by atoms with van der Waals surface area (Å²) in [5, 5.41) is 5.59. The van der Waals surface area contributed by atoms with Crippen LogP contribution in [0.4, 0.5) is 0 Å². The smallest absolute Gasteiger partial charge is 0.271 e. The number of hydrogen-bond donors (Lipinski definition) is 2. The first-order valence-electron chi connectivity index (χ1n) is 6.23. The van der Waals surface area contributed by atoms with Gasteiger partial charge < -0.3 is 11.1 Å². The van der Waals surface area contributed by atoms with Gasteiger partial charge in [-0.1, -0.05) is 6.92 Å². The van der Waals surface area contributed by atoms with Crippen LogP contribution in [0.25, 0.3) is 0 Å². The third-order valence-electron chi connectivity index (χ3n) is 2.63. The molecule has 2 aromatic rings. The van der Waals surface area contributed by atoms with E-state index in [4.69, 9.17) is 5.73 Å².